The fourth-order valence-corrected chi connectivity index (χ4v) is 2.15. The van der Waals surface area contributed by atoms with Gasteiger partial charge in [-0.2, -0.15) is 0 Å². The summed E-state index contributed by atoms with van der Waals surface area (Å²) in [6.45, 7) is 2.23. The van der Waals surface area contributed by atoms with E-state index in [2.05, 4.69) is 5.32 Å². The summed E-state index contributed by atoms with van der Waals surface area (Å²) >= 11 is 1.64. The summed E-state index contributed by atoms with van der Waals surface area (Å²) in [6, 6.07) is 2.03. The lowest BCUT2D eigenvalue weighted by atomic mass is 10.1. The average Bonchev–Trinajstić information content (AvgIpc) is 2.64. The summed E-state index contributed by atoms with van der Waals surface area (Å²) in [4.78, 5) is 11.4. The molecule has 0 amide bonds. The van der Waals surface area contributed by atoms with Gasteiger partial charge in [0.25, 0.3) is 0 Å². The second-order valence-corrected chi connectivity index (χ2v) is 3.90. The van der Waals surface area contributed by atoms with Crippen molar-refractivity contribution >= 4 is 22.3 Å². The van der Waals surface area contributed by atoms with Gasteiger partial charge in [0, 0.05) is 12.6 Å². The van der Waals surface area contributed by atoms with Crippen LogP contribution in [0.4, 0.5) is 5.00 Å². The quantitative estimate of drug-likeness (QED) is 0.758. The first-order valence-electron chi connectivity index (χ1n) is 4.50. The zero-order chi connectivity index (χ0) is 9.97. The van der Waals surface area contributed by atoms with Crippen LogP contribution in [0, 0.1) is 0 Å². The third kappa shape index (κ3) is 1.65. The largest absolute Gasteiger partial charge is 0.463 e. The summed E-state index contributed by atoms with van der Waals surface area (Å²) in [6.07, 6.45) is 2.40. The maximum Gasteiger partial charge on any atom is 0.335 e. The number of fused-ring (bicyclic) bond motifs is 1. The van der Waals surface area contributed by atoms with E-state index < -0.39 is 0 Å². The molecule has 0 aromatic carbocycles. The molecule has 1 aliphatic rings. The molecular formula is C10H11NO2S. The van der Waals surface area contributed by atoms with Gasteiger partial charge in [-0.05, 0) is 23.9 Å². The van der Waals surface area contributed by atoms with Crippen LogP contribution in [-0.4, -0.2) is 12.6 Å². The van der Waals surface area contributed by atoms with E-state index in [-0.39, 0.29) is 5.97 Å². The predicted molar refractivity (Wildman–Crippen MR) is 56.4 cm³/mol. The molecule has 0 bridgehead atoms. The van der Waals surface area contributed by atoms with Crippen LogP contribution in [0.1, 0.15) is 12.5 Å². The Balaban J connectivity index is 2.11. The van der Waals surface area contributed by atoms with Crippen molar-refractivity contribution in [1.82, 2.24) is 0 Å². The summed E-state index contributed by atoms with van der Waals surface area (Å²) < 4.78 is 4.93. The molecule has 0 unspecified atom stereocenters. The molecule has 3 nitrogen and oxygen atoms in total. The lowest BCUT2D eigenvalue weighted by molar-refractivity contribution is -0.138. The van der Waals surface area contributed by atoms with Crippen molar-refractivity contribution in [2.45, 2.75) is 13.3 Å². The molecule has 74 valence electrons. The van der Waals surface area contributed by atoms with Crippen LogP contribution in [0.25, 0.3) is 0 Å². The minimum Gasteiger partial charge on any atom is -0.463 e. The van der Waals surface area contributed by atoms with Gasteiger partial charge in [0.1, 0.15) is 0 Å². The molecule has 0 spiro atoms. The van der Waals surface area contributed by atoms with Crippen molar-refractivity contribution in [2.24, 2.45) is 0 Å². The van der Waals surface area contributed by atoms with Gasteiger partial charge >= 0.3 is 5.97 Å². The van der Waals surface area contributed by atoms with Crippen molar-refractivity contribution in [1.29, 1.82) is 0 Å². The summed E-state index contributed by atoms with van der Waals surface area (Å²) in [5.74, 6) is -0.225. The van der Waals surface area contributed by atoms with Gasteiger partial charge in [-0.15, -0.1) is 11.3 Å². The Morgan fingerprint density at radius 1 is 1.71 bits per heavy atom. The Labute approximate surface area is 86.4 Å². The van der Waals surface area contributed by atoms with E-state index in [4.69, 9.17) is 4.74 Å². The lowest BCUT2D eigenvalue weighted by Crippen LogP contribution is -2.14. The van der Waals surface area contributed by atoms with E-state index in [9.17, 15) is 4.79 Å². The number of nitrogens with one attached hydrogen (secondary N) is 1. The van der Waals surface area contributed by atoms with Gasteiger partial charge in [0.2, 0.25) is 0 Å². The van der Waals surface area contributed by atoms with Crippen LogP contribution in [0.3, 0.4) is 0 Å². The third-order valence-electron chi connectivity index (χ3n) is 2.04. The van der Waals surface area contributed by atoms with E-state index in [0.717, 1.165) is 5.00 Å². The number of ether oxygens (including phenoxy) is 1. The van der Waals surface area contributed by atoms with Crippen LogP contribution >= 0.6 is 11.3 Å². The molecule has 4 heteroatoms. The molecule has 1 aliphatic heterocycles. The first-order valence-corrected chi connectivity index (χ1v) is 5.38. The summed E-state index contributed by atoms with van der Waals surface area (Å²) in [7, 11) is 0. The Bertz CT molecular complexity index is 381. The molecule has 0 fully saturated rings. The summed E-state index contributed by atoms with van der Waals surface area (Å²) in [5.41, 5.74) is 1.86. The van der Waals surface area contributed by atoms with E-state index in [0.29, 0.717) is 18.6 Å². The fraction of sp³-hybridized carbons (Fsp3) is 0.300. The van der Waals surface area contributed by atoms with Crippen LogP contribution in [-0.2, 0) is 16.0 Å². The molecular weight excluding hydrogens is 198 g/mol. The number of hydrogen-bond acceptors (Lipinski definition) is 4. The SMILES string of the molecule is CCOC(=O)C1=CNc2sccc2C1. The molecule has 2 rings (SSSR count). The number of anilines is 1. The second-order valence-electron chi connectivity index (χ2n) is 2.99. The first-order chi connectivity index (χ1) is 6.81. The zero-order valence-electron chi connectivity index (χ0n) is 7.87. The Morgan fingerprint density at radius 3 is 3.36 bits per heavy atom. The van der Waals surface area contributed by atoms with Crippen molar-refractivity contribution in [3.05, 3.63) is 28.8 Å². The van der Waals surface area contributed by atoms with Crippen molar-refractivity contribution < 1.29 is 9.53 Å². The Hall–Kier alpha value is -1.29. The summed E-state index contributed by atoms with van der Waals surface area (Å²) in [5, 5.41) is 6.22. The van der Waals surface area contributed by atoms with Gasteiger partial charge in [0.15, 0.2) is 0 Å². The average molecular weight is 209 g/mol. The fourth-order valence-electron chi connectivity index (χ4n) is 1.37. The van der Waals surface area contributed by atoms with E-state index in [1.54, 1.807) is 17.5 Å². The van der Waals surface area contributed by atoms with Gasteiger partial charge in [-0.25, -0.2) is 4.79 Å². The molecule has 0 radical (unpaired) electrons. The highest BCUT2D eigenvalue weighted by atomic mass is 32.1. The van der Waals surface area contributed by atoms with E-state index >= 15 is 0 Å². The molecule has 0 saturated heterocycles. The zero-order valence-corrected chi connectivity index (χ0v) is 8.69. The highest BCUT2D eigenvalue weighted by Crippen LogP contribution is 2.29. The van der Waals surface area contributed by atoms with Gasteiger partial charge in [-0.3, -0.25) is 0 Å². The number of carbonyl (C=O) groups excluding carboxylic acids is 1. The maximum absolute atomic E-state index is 11.4. The van der Waals surface area contributed by atoms with E-state index in [1.165, 1.54) is 5.56 Å². The second kappa shape index (κ2) is 3.84. The van der Waals surface area contributed by atoms with Gasteiger partial charge in [0.05, 0.1) is 17.2 Å². The molecule has 1 N–H and O–H groups in total. The number of esters is 1. The first kappa shape index (κ1) is 9.27. The predicted octanol–water partition coefficient (Wildman–Crippen LogP) is 2.16. The maximum atomic E-state index is 11.4. The highest BCUT2D eigenvalue weighted by Gasteiger charge is 2.17. The molecule has 0 atom stereocenters. The van der Waals surface area contributed by atoms with Crippen molar-refractivity contribution in [2.75, 3.05) is 11.9 Å². The highest BCUT2D eigenvalue weighted by molar-refractivity contribution is 7.14. The topological polar surface area (TPSA) is 38.3 Å². The van der Waals surface area contributed by atoms with Crippen LogP contribution in [0.5, 0.6) is 0 Å². The lowest BCUT2D eigenvalue weighted by Gasteiger charge is -2.13. The minimum atomic E-state index is -0.225. The number of thiophene rings is 1. The van der Waals surface area contributed by atoms with Gasteiger partial charge in [-0.1, -0.05) is 0 Å². The van der Waals surface area contributed by atoms with Crippen LogP contribution in [0.15, 0.2) is 23.2 Å². The third-order valence-corrected chi connectivity index (χ3v) is 2.93. The Kier molecular flexibility index (Phi) is 2.54. The van der Waals surface area contributed by atoms with Crippen molar-refractivity contribution in [3.8, 4) is 0 Å². The van der Waals surface area contributed by atoms with Gasteiger partial charge < -0.3 is 10.1 Å². The molecule has 1 aromatic rings. The minimum absolute atomic E-state index is 0.225. The van der Waals surface area contributed by atoms with Crippen LogP contribution < -0.4 is 5.32 Å². The standard InChI is InChI=1S/C10H11NO2S/c1-2-13-10(12)8-5-7-3-4-14-9(7)11-6-8/h3-4,6,11H,2,5H2,1H3. The molecule has 0 saturated carbocycles. The number of rotatable bonds is 2. The molecule has 14 heavy (non-hydrogen) atoms. The molecule has 1 aromatic heterocycles. The van der Waals surface area contributed by atoms with E-state index in [1.807, 2.05) is 18.4 Å². The van der Waals surface area contributed by atoms with Crippen LogP contribution in [0.2, 0.25) is 0 Å². The number of hydrogen-bond donors (Lipinski definition) is 1. The smallest absolute Gasteiger partial charge is 0.335 e. The normalized spacial score (nSPS) is 13.9. The molecule has 0 aliphatic carbocycles. The number of carbonyl (C=O) groups is 1. The Morgan fingerprint density at radius 2 is 2.57 bits per heavy atom. The van der Waals surface area contributed by atoms with Crippen molar-refractivity contribution in [3.63, 3.8) is 0 Å². The monoisotopic (exact) mass is 209 g/mol. The molecule has 2 heterocycles.